The molecule has 0 spiro atoms. The maximum atomic E-state index is 12.1. The fourth-order valence-electron chi connectivity index (χ4n) is 3.61. The highest BCUT2D eigenvalue weighted by Gasteiger charge is 2.13. The van der Waals surface area contributed by atoms with Crippen molar-refractivity contribution in [2.24, 2.45) is 0 Å². The molecule has 36 heavy (non-hydrogen) atoms. The lowest BCUT2D eigenvalue weighted by atomic mass is 10.2. The third-order valence-electron chi connectivity index (χ3n) is 5.55. The molecular formula is C26H29BrN8O. The van der Waals surface area contributed by atoms with Gasteiger partial charge in [-0.25, -0.2) is 4.98 Å². The Morgan fingerprint density at radius 2 is 1.86 bits per heavy atom. The first-order valence-electron chi connectivity index (χ1n) is 11.4. The number of aromatic nitrogens is 3. The first-order chi connectivity index (χ1) is 17.3. The lowest BCUT2D eigenvalue weighted by Crippen LogP contribution is -2.29. The molecule has 0 atom stereocenters. The number of fused-ring (bicyclic) bond motifs is 1. The average molecular weight is 549 g/mol. The number of rotatable bonds is 10. The largest absolute Gasteiger partial charge is 0.372 e. The molecule has 2 heterocycles. The number of benzene rings is 2. The number of hydrogen-bond acceptors (Lipinski definition) is 7. The molecule has 4 N–H and O–H groups in total. The van der Waals surface area contributed by atoms with Gasteiger partial charge >= 0.3 is 0 Å². The van der Waals surface area contributed by atoms with Crippen molar-refractivity contribution in [3.63, 3.8) is 0 Å². The van der Waals surface area contributed by atoms with Gasteiger partial charge in [0.15, 0.2) is 0 Å². The molecule has 9 nitrogen and oxygen atoms in total. The zero-order valence-corrected chi connectivity index (χ0v) is 22.1. The number of nitrogens with zero attached hydrogens (tertiary/aromatic N) is 4. The first kappa shape index (κ1) is 25.2. The number of likely N-dealkylation sites (N-methyl/N-ethyl adjacent to an activating group) is 2. The molecule has 186 valence electrons. The predicted octanol–water partition coefficient (Wildman–Crippen LogP) is 5.33. The zero-order valence-electron chi connectivity index (χ0n) is 20.5. The van der Waals surface area contributed by atoms with Crippen LogP contribution in [-0.4, -0.2) is 60.0 Å². The van der Waals surface area contributed by atoms with Gasteiger partial charge < -0.3 is 30.7 Å². The van der Waals surface area contributed by atoms with E-state index in [0.717, 1.165) is 45.5 Å². The van der Waals surface area contributed by atoms with Crippen LogP contribution in [0.5, 0.6) is 0 Å². The van der Waals surface area contributed by atoms with E-state index in [0.29, 0.717) is 17.5 Å². The van der Waals surface area contributed by atoms with Crippen LogP contribution in [0.3, 0.4) is 0 Å². The van der Waals surface area contributed by atoms with Crippen LogP contribution in [0.15, 0.2) is 72.0 Å². The van der Waals surface area contributed by atoms with Crippen LogP contribution in [0, 0.1) is 0 Å². The van der Waals surface area contributed by atoms with Crippen LogP contribution in [0.2, 0.25) is 0 Å². The highest BCUT2D eigenvalue weighted by Crippen LogP contribution is 2.31. The topological polar surface area (TPSA) is 101 Å². The Hall–Kier alpha value is -3.89. The lowest BCUT2D eigenvalue weighted by molar-refractivity contribution is -0.111. The Bertz CT molecular complexity index is 1380. The van der Waals surface area contributed by atoms with E-state index in [-0.39, 0.29) is 5.91 Å². The molecule has 0 saturated carbocycles. The smallest absolute Gasteiger partial charge is 0.247 e. The van der Waals surface area contributed by atoms with Crippen molar-refractivity contribution in [1.29, 1.82) is 0 Å². The minimum atomic E-state index is -0.278. The minimum absolute atomic E-state index is 0.278. The number of aromatic amines is 1. The monoisotopic (exact) mass is 548 g/mol. The Kier molecular flexibility index (Phi) is 7.87. The van der Waals surface area contributed by atoms with Crippen LogP contribution < -0.4 is 20.9 Å². The summed E-state index contributed by atoms with van der Waals surface area (Å²) in [5, 5.41) is 10.6. The van der Waals surface area contributed by atoms with E-state index in [9.17, 15) is 4.79 Å². The highest BCUT2D eigenvalue weighted by molar-refractivity contribution is 9.10. The molecule has 4 rings (SSSR count). The van der Waals surface area contributed by atoms with Gasteiger partial charge in [-0.15, -0.1) is 0 Å². The summed E-state index contributed by atoms with van der Waals surface area (Å²) in [6.45, 7) is 5.25. The second-order valence-corrected chi connectivity index (χ2v) is 9.42. The molecule has 0 fully saturated rings. The summed E-state index contributed by atoms with van der Waals surface area (Å²) in [5.74, 6) is 0.759. The van der Waals surface area contributed by atoms with Gasteiger partial charge in [0.1, 0.15) is 5.82 Å². The third kappa shape index (κ3) is 6.21. The van der Waals surface area contributed by atoms with E-state index >= 15 is 0 Å². The SMILES string of the molecule is C=CC(=O)Nc1cc(Nc2ncc(Br)c(Nc3ccc4cc[nH]c4c3)n2)ccc1N(C)CCN(C)C. The summed E-state index contributed by atoms with van der Waals surface area (Å²) < 4.78 is 0.733. The van der Waals surface area contributed by atoms with Crippen molar-refractivity contribution in [3.8, 4) is 0 Å². The normalized spacial score (nSPS) is 10.9. The van der Waals surface area contributed by atoms with Gasteiger partial charge in [0.05, 0.1) is 15.8 Å². The van der Waals surface area contributed by atoms with E-state index < -0.39 is 0 Å². The Morgan fingerprint density at radius 3 is 2.64 bits per heavy atom. The van der Waals surface area contributed by atoms with Gasteiger partial charge in [-0.05, 0) is 77.9 Å². The molecule has 0 aliphatic rings. The maximum absolute atomic E-state index is 12.1. The Balaban J connectivity index is 1.56. The van der Waals surface area contributed by atoms with Crippen molar-refractivity contribution in [2.75, 3.05) is 55.1 Å². The third-order valence-corrected chi connectivity index (χ3v) is 6.13. The van der Waals surface area contributed by atoms with Gasteiger partial charge in [-0.1, -0.05) is 12.6 Å². The van der Waals surface area contributed by atoms with Gasteiger partial charge in [0, 0.05) is 49.4 Å². The summed E-state index contributed by atoms with van der Waals surface area (Å²) in [6, 6.07) is 13.8. The molecule has 0 aliphatic carbocycles. The van der Waals surface area contributed by atoms with Crippen LogP contribution in [0.1, 0.15) is 0 Å². The first-order valence-corrected chi connectivity index (χ1v) is 12.2. The predicted molar refractivity (Wildman–Crippen MR) is 152 cm³/mol. The summed E-state index contributed by atoms with van der Waals surface area (Å²) in [6.07, 6.45) is 4.85. The number of halogens is 1. The fraction of sp³-hybridized carbons (Fsp3) is 0.192. The molecular weight excluding hydrogens is 520 g/mol. The van der Waals surface area contributed by atoms with E-state index in [1.165, 1.54) is 6.08 Å². The standard InChI is InChI=1S/C26H29BrN8O/c1-5-24(36)32-22-15-19(8-9-23(22)35(4)13-12-34(2)3)31-26-29-16-20(27)25(33-26)30-18-7-6-17-10-11-28-21(17)14-18/h5-11,14-16,28H,1,12-13H2,2-4H3,(H,32,36)(H2,29,30,31,33). The van der Waals surface area contributed by atoms with Crippen molar-refractivity contribution >= 4 is 67.3 Å². The van der Waals surface area contributed by atoms with Crippen molar-refractivity contribution in [2.45, 2.75) is 0 Å². The molecule has 2 aromatic heterocycles. The summed E-state index contributed by atoms with van der Waals surface area (Å²) >= 11 is 3.52. The van der Waals surface area contributed by atoms with E-state index in [1.807, 2.05) is 69.8 Å². The summed E-state index contributed by atoms with van der Waals surface area (Å²) in [5.41, 5.74) is 4.24. The fourth-order valence-corrected chi connectivity index (χ4v) is 3.90. The van der Waals surface area contributed by atoms with Gasteiger partial charge in [-0.2, -0.15) is 4.98 Å². The zero-order chi connectivity index (χ0) is 25.7. The molecule has 0 unspecified atom stereocenters. The van der Waals surface area contributed by atoms with Crippen molar-refractivity contribution in [3.05, 3.63) is 72.0 Å². The molecule has 0 saturated heterocycles. The lowest BCUT2D eigenvalue weighted by Gasteiger charge is -2.24. The summed E-state index contributed by atoms with van der Waals surface area (Å²) in [7, 11) is 6.05. The van der Waals surface area contributed by atoms with Gasteiger partial charge in [0.2, 0.25) is 11.9 Å². The highest BCUT2D eigenvalue weighted by atomic mass is 79.9. The number of carbonyl (C=O) groups is 1. The summed E-state index contributed by atoms with van der Waals surface area (Å²) in [4.78, 5) is 28.6. The second-order valence-electron chi connectivity index (χ2n) is 8.57. The Morgan fingerprint density at radius 1 is 1.08 bits per heavy atom. The van der Waals surface area contributed by atoms with Crippen LogP contribution in [0.4, 0.5) is 34.5 Å². The van der Waals surface area contributed by atoms with Crippen LogP contribution >= 0.6 is 15.9 Å². The van der Waals surface area contributed by atoms with E-state index in [1.54, 1.807) is 6.20 Å². The van der Waals surface area contributed by atoms with Crippen molar-refractivity contribution < 1.29 is 4.79 Å². The molecule has 0 bridgehead atoms. The quantitative estimate of drug-likeness (QED) is 0.199. The van der Waals surface area contributed by atoms with Gasteiger partial charge in [-0.3, -0.25) is 4.79 Å². The molecule has 0 aliphatic heterocycles. The Labute approximate surface area is 218 Å². The van der Waals surface area contributed by atoms with Crippen LogP contribution in [-0.2, 0) is 4.79 Å². The minimum Gasteiger partial charge on any atom is -0.372 e. The number of hydrogen-bond donors (Lipinski definition) is 4. The number of nitrogens with one attached hydrogen (secondary N) is 4. The van der Waals surface area contributed by atoms with Crippen molar-refractivity contribution in [1.82, 2.24) is 19.9 Å². The molecule has 1 amide bonds. The van der Waals surface area contributed by atoms with E-state index in [2.05, 4.69) is 63.2 Å². The molecule has 10 heteroatoms. The van der Waals surface area contributed by atoms with E-state index in [4.69, 9.17) is 0 Å². The number of amides is 1. The molecule has 4 aromatic rings. The average Bonchev–Trinajstić information content (AvgIpc) is 3.32. The number of carbonyl (C=O) groups excluding carboxylic acids is 1. The second kappa shape index (κ2) is 11.2. The maximum Gasteiger partial charge on any atom is 0.247 e. The van der Waals surface area contributed by atoms with Crippen LogP contribution in [0.25, 0.3) is 10.9 Å². The number of anilines is 6. The van der Waals surface area contributed by atoms with Gasteiger partial charge in [0.25, 0.3) is 0 Å². The number of H-pyrrole nitrogens is 1. The molecule has 0 radical (unpaired) electrons. The molecule has 2 aromatic carbocycles.